The molecule has 122 valence electrons. The number of anilines is 2. The molecule has 1 amide bonds. The molecule has 0 saturated carbocycles. The van der Waals surface area contributed by atoms with Crippen molar-refractivity contribution >= 4 is 44.1 Å². The van der Waals surface area contributed by atoms with Gasteiger partial charge in [-0.15, -0.1) is 0 Å². The van der Waals surface area contributed by atoms with Gasteiger partial charge in [0, 0.05) is 27.8 Å². The molecule has 0 fully saturated rings. The van der Waals surface area contributed by atoms with E-state index in [1.807, 2.05) is 31.2 Å². The number of carbonyl (C=O) groups is 1. The molecule has 0 radical (unpaired) electrons. The lowest BCUT2D eigenvalue weighted by Gasteiger charge is -2.21. The zero-order valence-electron chi connectivity index (χ0n) is 13.0. The number of carbonyl (C=O) groups excluding carboxylic acids is 1. The molecule has 3 N–H and O–H groups in total. The van der Waals surface area contributed by atoms with E-state index in [1.54, 1.807) is 29.2 Å². The summed E-state index contributed by atoms with van der Waals surface area (Å²) in [6.45, 7) is 2.31. The van der Waals surface area contributed by atoms with Crippen LogP contribution < -0.4 is 16.2 Å². The van der Waals surface area contributed by atoms with E-state index in [0.29, 0.717) is 23.1 Å². The number of pyridine rings is 1. The van der Waals surface area contributed by atoms with Gasteiger partial charge >= 0.3 is 0 Å². The number of nitrogens with one attached hydrogen (secondary N) is 1. The number of aromatic nitrogens is 1. The average Bonchev–Trinajstić information content (AvgIpc) is 2.57. The van der Waals surface area contributed by atoms with Gasteiger partial charge in [0.15, 0.2) is 0 Å². The Balaban J connectivity index is 2.09. The predicted octanol–water partition coefficient (Wildman–Crippen LogP) is 3.54. The molecule has 0 atom stereocenters. The van der Waals surface area contributed by atoms with Gasteiger partial charge in [-0.25, -0.2) is 0 Å². The normalized spacial score (nSPS) is 10.8. The SMILES string of the molecule is CCN(C(=O)c1cc2c(N)cccc2[nH]c1=O)c1ccc(Br)cc1. The van der Waals surface area contributed by atoms with Crippen molar-refractivity contribution < 1.29 is 4.79 Å². The first-order valence-electron chi connectivity index (χ1n) is 7.50. The van der Waals surface area contributed by atoms with Crippen LogP contribution in [0.2, 0.25) is 0 Å². The van der Waals surface area contributed by atoms with Gasteiger partial charge in [0.2, 0.25) is 0 Å². The van der Waals surface area contributed by atoms with E-state index in [0.717, 1.165) is 10.2 Å². The third-order valence-electron chi connectivity index (χ3n) is 3.85. The zero-order valence-corrected chi connectivity index (χ0v) is 14.6. The first-order chi connectivity index (χ1) is 11.5. The molecular formula is C18H16BrN3O2. The summed E-state index contributed by atoms with van der Waals surface area (Å²) in [7, 11) is 0. The van der Waals surface area contributed by atoms with Crippen LogP contribution >= 0.6 is 15.9 Å². The van der Waals surface area contributed by atoms with E-state index in [-0.39, 0.29) is 11.5 Å². The number of aromatic amines is 1. The molecule has 1 aromatic heterocycles. The predicted molar refractivity (Wildman–Crippen MR) is 100 cm³/mol. The van der Waals surface area contributed by atoms with Gasteiger partial charge in [0.1, 0.15) is 5.56 Å². The van der Waals surface area contributed by atoms with Crippen LogP contribution in [0.3, 0.4) is 0 Å². The summed E-state index contributed by atoms with van der Waals surface area (Å²) in [6.07, 6.45) is 0. The van der Waals surface area contributed by atoms with Gasteiger partial charge < -0.3 is 15.6 Å². The topological polar surface area (TPSA) is 79.2 Å². The van der Waals surface area contributed by atoms with E-state index in [9.17, 15) is 9.59 Å². The maximum absolute atomic E-state index is 12.9. The molecule has 2 aromatic carbocycles. The highest BCUT2D eigenvalue weighted by atomic mass is 79.9. The van der Waals surface area contributed by atoms with Crippen molar-refractivity contribution in [3.8, 4) is 0 Å². The molecule has 24 heavy (non-hydrogen) atoms. The minimum atomic E-state index is -0.423. The maximum Gasteiger partial charge on any atom is 0.263 e. The lowest BCUT2D eigenvalue weighted by Crippen LogP contribution is -2.34. The van der Waals surface area contributed by atoms with Gasteiger partial charge in [0.25, 0.3) is 11.5 Å². The fraction of sp³-hybridized carbons (Fsp3) is 0.111. The molecule has 6 heteroatoms. The van der Waals surface area contributed by atoms with Crippen molar-refractivity contribution in [3.05, 3.63) is 68.9 Å². The van der Waals surface area contributed by atoms with E-state index < -0.39 is 5.56 Å². The summed E-state index contributed by atoms with van der Waals surface area (Å²) in [5.74, 6) is -0.355. The summed E-state index contributed by atoms with van der Waals surface area (Å²) in [5.41, 5.74) is 7.47. The third-order valence-corrected chi connectivity index (χ3v) is 4.38. The number of amides is 1. The first-order valence-corrected chi connectivity index (χ1v) is 8.29. The number of fused-ring (bicyclic) bond motifs is 1. The molecule has 5 nitrogen and oxygen atoms in total. The molecule has 0 bridgehead atoms. The van der Waals surface area contributed by atoms with Crippen molar-refractivity contribution in [2.45, 2.75) is 6.92 Å². The number of nitrogens with two attached hydrogens (primary N) is 1. The summed E-state index contributed by atoms with van der Waals surface area (Å²) >= 11 is 3.37. The Labute approximate surface area is 147 Å². The van der Waals surface area contributed by atoms with Crippen LogP contribution in [0.5, 0.6) is 0 Å². The van der Waals surface area contributed by atoms with Crippen LogP contribution in [0.1, 0.15) is 17.3 Å². The lowest BCUT2D eigenvalue weighted by molar-refractivity contribution is 0.0987. The molecule has 0 unspecified atom stereocenters. The standard InChI is InChI=1S/C18H16BrN3O2/c1-2-22(12-8-6-11(19)7-9-12)18(24)14-10-13-15(20)4-3-5-16(13)21-17(14)23/h3-10H,2,20H2,1H3,(H,21,23). The van der Waals surface area contributed by atoms with Crippen LogP contribution in [0.25, 0.3) is 10.9 Å². The molecule has 0 aliphatic heterocycles. The second-order valence-electron chi connectivity index (χ2n) is 5.35. The third kappa shape index (κ3) is 2.92. The minimum Gasteiger partial charge on any atom is -0.398 e. The van der Waals surface area contributed by atoms with Gasteiger partial charge in [-0.05, 0) is 49.4 Å². The van der Waals surface area contributed by atoms with Crippen LogP contribution in [0, 0.1) is 0 Å². The number of rotatable bonds is 3. The zero-order chi connectivity index (χ0) is 17.3. The largest absolute Gasteiger partial charge is 0.398 e. The number of halogens is 1. The van der Waals surface area contributed by atoms with Gasteiger partial charge in [-0.1, -0.05) is 22.0 Å². The highest BCUT2D eigenvalue weighted by Crippen LogP contribution is 2.22. The number of benzene rings is 2. The smallest absolute Gasteiger partial charge is 0.263 e. The Bertz CT molecular complexity index is 964. The van der Waals surface area contributed by atoms with Crippen molar-refractivity contribution in [2.24, 2.45) is 0 Å². The number of hydrogen-bond acceptors (Lipinski definition) is 3. The Kier molecular flexibility index (Phi) is 4.40. The molecule has 3 aromatic rings. The molecule has 1 heterocycles. The number of hydrogen-bond donors (Lipinski definition) is 2. The van der Waals surface area contributed by atoms with Gasteiger partial charge in [0.05, 0.1) is 5.52 Å². The van der Waals surface area contributed by atoms with Crippen LogP contribution in [0.4, 0.5) is 11.4 Å². The number of nitrogens with zero attached hydrogens (tertiary/aromatic N) is 1. The molecule has 3 rings (SSSR count). The summed E-state index contributed by atoms with van der Waals surface area (Å²) in [6, 6.07) is 14.2. The van der Waals surface area contributed by atoms with E-state index in [1.165, 1.54) is 0 Å². The molecule has 0 spiro atoms. The lowest BCUT2D eigenvalue weighted by atomic mass is 10.1. The summed E-state index contributed by atoms with van der Waals surface area (Å²) in [5, 5.41) is 0.660. The van der Waals surface area contributed by atoms with Crippen molar-refractivity contribution in [1.29, 1.82) is 0 Å². The Morgan fingerprint density at radius 2 is 1.92 bits per heavy atom. The second-order valence-corrected chi connectivity index (χ2v) is 6.26. The number of H-pyrrole nitrogens is 1. The van der Waals surface area contributed by atoms with E-state index in [4.69, 9.17) is 5.73 Å². The van der Waals surface area contributed by atoms with Crippen molar-refractivity contribution in [3.63, 3.8) is 0 Å². The van der Waals surface area contributed by atoms with E-state index in [2.05, 4.69) is 20.9 Å². The second kappa shape index (κ2) is 6.49. The molecule has 0 saturated heterocycles. The van der Waals surface area contributed by atoms with Crippen molar-refractivity contribution in [1.82, 2.24) is 4.98 Å². The van der Waals surface area contributed by atoms with Crippen LogP contribution in [-0.2, 0) is 0 Å². The maximum atomic E-state index is 12.9. The monoisotopic (exact) mass is 385 g/mol. The van der Waals surface area contributed by atoms with Crippen molar-refractivity contribution in [2.75, 3.05) is 17.2 Å². The Hall–Kier alpha value is -2.60. The highest BCUT2D eigenvalue weighted by molar-refractivity contribution is 9.10. The Morgan fingerprint density at radius 3 is 2.58 bits per heavy atom. The van der Waals surface area contributed by atoms with Gasteiger partial charge in [-0.2, -0.15) is 0 Å². The minimum absolute atomic E-state index is 0.0742. The fourth-order valence-electron chi connectivity index (χ4n) is 2.62. The first kappa shape index (κ1) is 16.3. The van der Waals surface area contributed by atoms with Crippen LogP contribution in [-0.4, -0.2) is 17.4 Å². The Morgan fingerprint density at radius 1 is 1.21 bits per heavy atom. The highest BCUT2D eigenvalue weighted by Gasteiger charge is 2.20. The summed E-state index contributed by atoms with van der Waals surface area (Å²) < 4.78 is 0.922. The molecule has 0 aliphatic carbocycles. The molecular weight excluding hydrogens is 370 g/mol. The molecule has 0 aliphatic rings. The average molecular weight is 386 g/mol. The van der Waals surface area contributed by atoms with E-state index >= 15 is 0 Å². The number of nitrogen functional groups attached to an aromatic ring is 1. The van der Waals surface area contributed by atoms with Gasteiger partial charge in [-0.3, -0.25) is 9.59 Å². The summed E-state index contributed by atoms with van der Waals surface area (Å²) in [4.78, 5) is 29.5. The van der Waals surface area contributed by atoms with Crippen LogP contribution in [0.15, 0.2) is 57.8 Å². The fourth-order valence-corrected chi connectivity index (χ4v) is 2.89. The quantitative estimate of drug-likeness (QED) is 0.676.